The Morgan fingerprint density at radius 3 is 1.18 bits per heavy atom. The van der Waals surface area contributed by atoms with E-state index in [1.54, 1.807) is 0 Å². The molecule has 0 aromatic heterocycles. The van der Waals surface area contributed by atoms with Crippen LogP contribution in [-0.2, 0) is 47.2 Å². The molecule has 0 heterocycles. The van der Waals surface area contributed by atoms with Crippen molar-refractivity contribution in [2.75, 3.05) is 11.5 Å². The Hall–Kier alpha value is -0.508. The molecule has 0 saturated heterocycles. The Morgan fingerprint density at radius 1 is 0.941 bits per heavy atom. The zero-order chi connectivity index (χ0) is 13.6. The third kappa shape index (κ3) is 25.6. The maximum Gasteiger partial charge on any atom is 3.00 e. The molecule has 0 atom stereocenters. The topological polar surface area (TPSA) is 172 Å². The Bertz CT molecular complexity index is 404. The van der Waals surface area contributed by atoms with Gasteiger partial charge in [-0.1, -0.05) is 0 Å². The number of ketones is 1. The van der Waals surface area contributed by atoms with E-state index < -0.39 is 43.5 Å². The minimum Gasteiger partial charge on any atom is -0.748 e. The number of Topliss-reactive ketones (excluding diaryl/α,β-unsaturated/α-hetero) is 1. The first-order chi connectivity index (χ1) is 6.85. The molecule has 1 radical (unpaired) electrons. The van der Waals surface area contributed by atoms with Crippen LogP contribution in [0.4, 0.5) is 0 Å². The first kappa shape index (κ1) is 21.7. The van der Waals surface area contributed by atoms with Gasteiger partial charge in [-0.05, 0) is 0 Å². The SMILES string of the molecule is CC(=O)C(=O)[O-].O=S(=O)([O-])CCS(=O)(=O)[O-].[Cr+3]. The molecular weight excluding hydrogens is 320 g/mol. The van der Waals surface area contributed by atoms with Gasteiger partial charge in [0, 0.05) is 6.92 Å². The molecule has 0 fully saturated rings. The Kier molecular flexibility index (Phi) is 11.0. The average molecular weight is 327 g/mol. The van der Waals surface area contributed by atoms with Gasteiger partial charge >= 0.3 is 17.4 Å². The van der Waals surface area contributed by atoms with Crippen molar-refractivity contribution in [3.63, 3.8) is 0 Å². The zero-order valence-electron chi connectivity index (χ0n) is 8.31. The summed E-state index contributed by atoms with van der Waals surface area (Å²) in [6.07, 6.45) is 0. The quantitative estimate of drug-likeness (QED) is 0.373. The largest absolute Gasteiger partial charge is 3.00 e. The van der Waals surface area contributed by atoms with Crippen molar-refractivity contribution in [3.05, 3.63) is 0 Å². The van der Waals surface area contributed by atoms with E-state index in [2.05, 4.69) is 0 Å². The molecule has 0 amide bonds. The summed E-state index contributed by atoms with van der Waals surface area (Å²) in [7, 11) is -9.17. The van der Waals surface area contributed by atoms with Gasteiger partial charge in [-0.15, -0.1) is 0 Å². The van der Waals surface area contributed by atoms with Crippen molar-refractivity contribution >= 4 is 32.0 Å². The normalized spacial score (nSPS) is 10.5. The maximum atomic E-state index is 9.72. The molecule has 0 aromatic carbocycles. The van der Waals surface area contributed by atoms with E-state index in [9.17, 15) is 40.6 Å². The number of carbonyl (C=O) groups excluding carboxylic acids is 2. The zero-order valence-corrected chi connectivity index (χ0v) is 11.2. The van der Waals surface area contributed by atoms with E-state index in [1.165, 1.54) is 0 Å². The number of carboxylic acids is 1. The summed E-state index contributed by atoms with van der Waals surface area (Å²) in [6, 6.07) is 0. The molecule has 9 nitrogen and oxygen atoms in total. The van der Waals surface area contributed by atoms with Crippen molar-refractivity contribution in [1.29, 1.82) is 0 Å². The van der Waals surface area contributed by atoms with Gasteiger partial charge in [-0.25, -0.2) is 16.8 Å². The standard InChI is InChI=1S/C3H4O3.C2H6O6S2.Cr/c1-2(4)3(5)6;3-9(4,5)1-2-10(6,7)8;/h1H3,(H,5,6);1-2H2,(H,3,4,5)(H,6,7,8);/q;;+3/p-3. The number of carboxylic acid groups (broad SMARTS) is 1. The molecular formula is C5H7CrO9S2. The van der Waals surface area contributed by atoms with Crippen LogP contribution in [0, 0.1) is 0 Å². The van der Waals surface area contributed by atoms with Crippen molar-refractivity contribution in [3.8, 4) is 0 Å². The molecule has 0 saturated carbocycles. The molecule has 0 aliphatic rings. The predicted octanol–water partition coefficient (Wildman–Crippen LogP) is -3.60. The van der Waals surface area contributed by atoms with Gasteiger partial charge in [0.05, 0.1) is 31.7 Å². The van der Waals surface area contributed by atoms with Crippen LogP contribution in [0.2, 0.25) is 0 Å². The van der Waals surface area contributed by atoms with Gasteiger partial charge in [-0.3, -0.25) is 4.79 Å². The Morgan fingerprint density at radius 2 is 1.12 bits per heavy atom. The van der Waals surface area contributed by atoms with Crippen molar-refractivity contribution in [1.82, 2.24) is 0 Å². The van der Waals surface area contributed by atoms with Crippen LogP contribution >= 0.6 is 0 Å². The monoisotopic (exact) mass is 327 g/mol. The van der Waals surface area contributed by atoms with E-state index in [1.807, 2.05) is 0 Å². The molecule has 0 aromatic rings. The third-order valence-electron chi connectivity index (χ3n) is 0.871. The van der Waals surface area contributed by atoms with Crippen LogP contribution in [0.15, 0.2) is 0 Å². The summed E-state index contributed by atoms with van der Waals surface area (Å²) in [5.41, 5.74) is 0. The molecule has 12 heteroatoms. The summed E-state index contributed by atoms with van der Waals surface area (Å²) < 4.78 is 58.3. The number of hydrogen-bond acceptors (Lipinski definition) is 9. The summed E-state index contributed by atoms with van der Waals surface area (Å²) in [5, 5.41) is 9.24. The van der Waals surface area contributed by atoms with Crippen molar-refractivity contribution in [2.24, 2.45) is 0 Å². The minimum atomic E-state index is -4.59. The number of carbonyl (C=O) groups is 2. The van der Waals surface area contributed by atoms with Gasteiger partial charge in [0.15, 0.2) is 5.78 Å². The van der Waals surface area contributed by atoms with E-state index in [0.29, 0.717) is 0 Å². The first-order valence-electron chi connectivity index (χ1n) is 3.44. The van der Waals surface area contributed by atoms with Gasteiger partial charge in [0.25, 0.3) is 0 Å². The second-order valence-corrected chi connectivity index (χ2v) is 5.41. The summed E-state index contributed by atoms with van der Waals surface area (Å²) >= 11 is 0. The molecule has 0 aliphatic heterocycles. The molecule has 0 rings (SSSR count). The second kappa shape index (κ2) is 8.56. The second-order valence-electron chi connectivity index (χ2n) is 2.37. The number of hydrogen-bond donors (Lipinski definition) is 0. The number of aliphatic carboxylic acids is 1. The van der Waals surface area contributed by atoms with Gasteiger partial charge in [0.2, 0.25) is 0 Å². The van der Waals surface area contributed by atoms with Crippen LogP contribution in [0.1, 0.15) is 6.92 Å². The van der Waals surface area contributed by atoms with E-state index in [-0.39, 0.29) is 17.4 Å². The molecule has 0 unspecified atom stereocenters. The molecule has 17 heavy (non-hydrogen) atoms. The summed E-state index contributed by atoms with van der Waals surface area (Å²) in [4.78, 5) is 18.7. The van der Waals surface area contributed by atoms with Crippen LogP contribution in [0.5, 0.6) is 0 Å². The Balaban J connectivity index is -0.000000244. The van der Waals surface area contributed by atoms with E-state index >= 15 is 0 Å². The van der Waals surface area contributed by atoms with Crippen LogP contribution in [0.25, 0.3) is 0 Å². The van der Waals surface area contributed by atoms with Crippen molar-refractivity contribution < 1.29 is 58.0 Å². The third-order valence-corrected chi connectivity index (χ3v) is 2.54. The molecule has 0 N–H and O–H groups in total. The van der Waals surface area contributed by atoms with Crippen LogP contribution < -0.4 is 5.11 Å². The maximum absolute atomic E-state index is 9.72. The smallest absolute Gasteiger partial charge is 0.748 e. The van der Waals surface area contributed by atoms with E-state index in [4.69, 9.17) is 0 Å². The fraction of sp³-hybridized carbons (Fsp3) is 0.600. The molecule has 0 bridgehead atoms. The molecule has 99 valence electrons. The fourth-order valence-corrected chi connectivity index (χ4v) is 1.84. The number of rotatable bonds is 4. The van der Waals surface area contributed by atoms with Crippen LogP contribution in [0.3, 0.4) is 0 Å². The minimum absolute atomic E-state index is 0. The average Bonchev–Trinajstić information content (AvgIpc) is 1.99. The molecule has 0 spiro atoms. The fourth-order valence-electron chi connectivity index (χ4n) is 0.204. The predicted molar refractivity (Wildman–Crippen MR) is 44.8 cm³/mol. The summed E-state index contributed by atoms with van der Waals surface area (Å²) in [6.45, 7) is 0.940. The van der Waals surface area contributed by atoms with E-state index in [0.717, 1.165) is 6.92 Å². The van der Waals surface area contributed by atoms with Gasteiger partial charge in [-0.2, -0.15) is 0 Å². The first-order valence-corrected chi connectivity index (χ1v) is 6.59. The van der Waals surface area contributed by atoms with Crippen molar-refractivity contribution in [2.45, 2.75) is 6.92 Å². The summed E-state index contributed by atoms with van der Waals surface area (Å²) in [5.74, 6) is -4.87. The Labute approximate surface area is 108 Å². The van der Waals surface area contributed by atoms with Crippen LogP contribution in [-0.4, -0.2) is 49.2 Å². The van der Waals surface area contributed by atoms with Gasteiger partial charge < -0.3 is 19.0 Å². The molecule has 0 aliphatic carbocycles. The van der Waals surface area contributed by atoms with Gasteiger partial charge in [0.1, 0.15) is 5.97 Å².